The van der Waals surface area contributed by atoms with Gasteiger partial charge in [0.25, 0.3) is 5.91 Å². The molecule has 194 valence electrons. The van der Waals surface area contributed by atoms with Crippen LogP contribution in [0.2, 0.25) is 0 Å². The summed E-state index contributed by atoms with van der Waals surface area (Å²) in [7, 11) is 3.85. The highest BCUT2D eigenvalue weighted by Gasteiger charge is 2.28. The van der Waals surface area contributed by atoms with Crippen molar-refractivity contribution in [2.24, 2.45) is 0 Å². The number of piperazine rings is 1. The van der Waals surface area contributed by atoms with E-state index in [1.165, 1.54) is 16.8 Å². The quantitative estimate of drug-likeness (QED) is 0.454. The maximum absolute atomic E-state index is 13.2. The van der Waals surface area contributed by atoms with Crippen molar-refractivity contribution in [3.8, 4) is 5.75 Å². The van der Waals surface area contributed by atoms with Crippen LogP contribution in [0.15, 0.2) is 72.8 Å². The molecule has 1 fully saturated rings. The number of carbonyl (C=O) groups excluding carboxylic acids is 1. The fourth-order valence-electron chi connectivity index (χ4n) is 5.80. The van der Waals surface area contributed by atoms with Gasteiger partial charge < -0.3 is 19.9 Å². The zero-order valence-electron chi connectivity index (χ0n) is 22.0. The number of ether oxygens (including phenoxy) is 1. The minimum atomic E-state index is 0.0263. The van der Waals surface area contributed by atoms with Gasteiger partial charge in [-0.1, -0.05) is 54.6 Å². The van der Waals surface area contributed by atoms with Gasteiger partial charge >= 0.3 is 0 Å². The fraction of sp³-hybridized carbons (Fsp3) is 0.387. The summed E-state index contributed by atoms with van der Waals surface area (Å²) < 4.78 is 5.53. The van der Waals surface area contributed by atoms with Crippen LogP contribution in [0.5, 0.6) is 5.75 Å². The molecule has 1 atom stereocenters. The van der Waals surface area contributed by atoms with Gasteiger partial charge in [-0.25, -0.2) is 0 Å². The number of rotatable bonds is 8. The van der Waals surface area contributed by atoms with Crippen LogP contribution in [-0.4, -0.2) is 64.2 Å². The monoisotopic (exact) mass is 498 g/mol. The summed E-state index contributed by atoms with van der Waals surface area (Å²) in [6.07, 6.45) is 2.99. The molecule has 2 heterocycles. The minimum absolute atomic E-state index is 0.0263. The Labute approximate surface area is 220 Å². The molecule has 1 amide bonds. The second-order valence-electron chi connectivity index (χ2n) is 10.00. The molecule has 37 heavy (non-hydrogen) atoms. The number of aryl methyl sites for hydroxylation is 1. The van der Waals surface area contributed by atoms with Crippen LogP contribution < -0.4 is 19.9 Å². The summed E-state index contributed by atoms with van der Waals surface area (Å²) in [5.74, 6) is 0.959. The topological polar surface area (TPSA) is 48.1 Å². The molecule has 2 aliphatic rings. The number of carbonyl (C=O) groups is 1. The first kappa shape index (κ1) is 25.2. The Bertz CT molecular complexity index is 1190. The third-order valence-electron chi connectivity index (χ3n) is 7.79. The molecule has 6 heteroatoms. The summed E-state index contributed by atoms with van der Waals surface area (Å²) >= 11 is 0. The maximum Gasteiger partial charge on any atom is 0.253 e. The SMILES string of the molecule is COc1ccccc1N1CCN(CCCNC(=O)c2cccc3c2N(C)C(c2ccccc2)CC3)CC1. The molecule has 0 saturated carbocycles. The number of amides is 1. The molecule has 2 aliphatic heterocycles. The Kier molecular flexibility index (Phi) is 7.95. The van der Waals surface area contributed by atoms with Gasteiger partial charge in [0.2, 0.25) is 0 Å². The average molecular weight is 499 g/mol. The minimum Gasteiger partial charge on any atom is -0.495 e. The summed E-state index contributed by atoms with van der Waals surface area (Å²) in [4.78, 5) is 20.4. The molecule has 0 bridgehead atoms. The van der Waals surface area contributed by atoms with Crippen molar-refractivity contribution < 1.29 is 9.53 Å². The Balaban J connectivity index is 1.13. The van der Waals surface area contributed by atoms with E-state index in [0.717, 1.165) is 69.0 Å². The van der Waals surface area contributed by atoms with Crippen LogP contribution >= 0.6 is 0 Å². The Morgan fingerprint density at radius 2 is 1.70 bits per heavy atom. The highest BCUT2D eigenvalue weighted by molar-refractivity contribution is 6.00. The molecule has 0 aromatic heterocycles. The normalized spacial score (nSPS) is 17.8. The van der Waals surface area contributed by atoms with Crippen molar-refractivity contribution in [2.45, 2.75) is 25.3 Å². The van der Waals surface area contributed by atoms with E-state index < -0.39 is 0 Å². The number of nitrogens with zero attached hydrogens (tertiary/aromatic N) is 3. The Morgan fingerprint density at radius 1 is 0.946 bits per heavy atom. The van der Waals surface area contributed by atoms with Gasteiger partial charge in [0.1, 0.15) is 5.75 Å². The number of nitrogens with one attached hydrogen (secondary N) is 1. The van der Waals surface area contributed by atoms with Gasteiger partial charge in [-0.3, -0.25) is 9.69 Å². The van der Waals surface area contributed by atoms with E-state index in [1.807, 2.05) is 24.3 Å². The van der Waals surface area contributed by atoms with Crippen LogP contribution in [-0.2, 0) is 6.42 Å². The number of hydrogen-bond acceptors (Lipinski definition) is 5. The predicted molar refractivity (Wildman–Crippen MR) is 151 cm³/mol. The molecule has 3 aromatic carbocycles. The summed E-state index contributed by atoms with van der Waals surface area (Å²) in [5, 5.41) is 3.19. The van der Waals surface area contributed by atoms with Crippen molar-refractivity contribution in [3.63, 3.8) is 0 Å². The number of anilines is 2. The van der Waals surface area contributed by atoms with E-state index in [1.54, 1.807) is 7.11 Å². The van der Waals surface area contributed by atoms with Crippen molar-refractivity contribution in [1.29, 1.82) is 0 Å². The first-order valence-electron chi connectivity index (χ1n) is 13.4. The van der Waals surface area contributed by atoms with Crippen LogP contribution in [0.3, 0.4) is 0 Å². The third-order valence-corrected chi connectivity index (χ3v) is 7.79. The Hall–Kier alpha value is -3.51. The highest BCUT2D eigenvalue weighted by atomic mass is 16.5. The molecular formula is C31H38N4O2. The smallest absolute Gasteiger partial charge is 0.253 e. The van der Waals surface area contributed by atoms with Crippen molar-refractivity contribution in [2.75, 3.05) is 63.2 Å². The maximum atomic E-state index is 13.2. The number of hydrogen-bond donors (Lipinski definition) is 1. The van der Waals surface area contributed by atoms with Crippen LogP contribution in [0, 0.1) is 0 Å². The number of para-hydroxylation sites is 3. The van der Waals surface area contributed by atoms with Gasteiger partial charge in [0.15, 0.2) is 0 Å². The summed E-state index contributed by atoms with van der Waals surface area (Å²) in [6, 6.07) is 25.3. The molecule has 6 nitrogen and oxygen atoms in total. The van der Waals surface area contributed by atoms with Crippen LogP contribution in [0.25, 0.3) is 0 Å². The fourth-order valence-corrected chi connectivity index (χ4v) is 5.80. The lowest BCUT2D eigenvalue weighted by Gasteiger charge is -2.37. The molecule has 5 rings (SSSR count). The molecule has 1 saturated heterocycles. The first-order chi connectivity index (χ1) is 18.2. The molecule has 1 unspecified atom stereocenters. The van der Waals surface area contributed by atoms with E-state index in [-0.39, 0.29) is 11.9 Å². The molecule has 3 aromatic rings. The van der Waals surface area contributed by atoms with Gasteiger partial charge in [0.05, 0.1) is 30.1 Å². The van der Waals surface area contributed by atoms with Gasteiger partial charge in [0, 0.05) is 39.8 Å². The lowest BCUT2D eigenvalue weighted by molar-refractivity contribution is 0.0951. The van der Waals surface area contributed by atoms with Gasteiger partial charge in [-0.2, -0.15) is 0 Å². The van der Waals surface area contributed by atoms with Crippen molar-refractivity contribution >= 4 is 17.3 Å². The van der Waals surface area contributed by atoms with E-state index in [4.69, 9.17) is 4.74 Å². The zero-order chi connectivity index (χ0) is 25.6. The first-order valence-corrected chi connectivity index (χ1v) is 13.4. The van der Waals surface area contributed by atoms with Crippen molar-refractivity contribution in [3.05, 3.63) is 89.5 Å². The largest absolute Gasteiger partial charge is 0.495 e. The second-order valence-corrected chi connectivity index (χ2v) is 10.00. The molecule has 0 aliphatic carbocycles. The number of methoxy groups -OCH3 is 1. The van der Waals surface area contributed by atoms with Crippen LogP contribution in [0.4, 0.5) is 11.4 Å². The summed E-state index contributed by atoms with van der Waals surface area (Å²) in [5.41, 5.74) is 5.59. The van der Waals surface area contributed by atoms with E-state index in [9.17, 15) is 4.79 Å². The van der Waals surface area contributed by atoms with Crippen LogP contribution in [0.1, 0.15) is 40.4 Å². The lowest BCUT2D eigenvalue weighted by Crippen LogP contribution is -2.47. The predicted octanol–water partition coefficient (Wildman–Crippen LogP) is 4.76. The lowest BCUT2D eigenvalue weighted by atomic mass is 9.89. The number of benzene rings is 3. The second kappa shape index (κ2) is 11.7. The third kappa shape index (κ3) is 5.59. The molecular weight excluding hydrogens is 460 g/mol. The van der Waals surface area contributed by atoms with E-state index in [0.29, 0.717) is 6.54 Å². The standard InChI is InChI=1S/C31H38N4O2/c1-33-27(24-10-4-3-5-11-24)17-16-25-12-8-13-26(30(25)33)31(36)32-18-9-19-34-20-22-35(23-21-34)28-14-6-7-15-29(28)37-2/h3-8,10-15,27H,9,16-23H2,1-2H3,(H,32,36). The van der Waals surface area contributed by atoms with E-state index >= 15 is 0 Å². The molecule has 0 radical (unpaired) electrons. The van der Waals surface area contributed by atoms with E-state index in [2.05, 4.69) is 75.6 Å². The average Bonchev–Trinajstić information content (AvgIpc) is 2.96. The van der Waals surface area contributed by atoms with Gasteiger partial charge in [-0.05, 0) is 55.1 Å². The molecule has 1 N–H and O–H groups in total. The Morgan fingerprint density at radius 3 is 2.49 bits per heavy atom. The zero-order valence-corrected chi connectivity index (χ0v) is 22.0. The van der Waals surface area contributed by atoms with Gasteiger partial charge in [-0.15, -0.1) is 0 Å². The van der Waals surface area contributed by atoms with Crippen molar-refractivity contribution in [1.82, 2.24) is 10.2 Å². The molecule has 0 spiro atoms. The number of fused-ring (bicyclic) bond motifs is 1. The summed E-state index contributed by atoms with van der Waals surface area (Å²) in [6.45, 7) is 5.67. The highest BCUT2D eigenvalue weighted by Crippen LogP contribution is 2.39.